The molecule has 1 unspecified atom stereocenters. The van der Waals surface area contributed by atoms with Crippen LogP contribution in [0, 0.1) is 5.92 Å². The summed E-state index contributed by atoms with van der Waals surface area (Å²) >= 11 is 0. The summed E-state index contributed by atoms with van der Waals surface area (Å²) in [5, 5.41) is 0. The normalized spacial score (nSPS) is 19.3. The highest BCUT2D eigenvalue weighted by molar-refractivity contribution is 6.07. The van der Waals surface area contributed by atoms with Crippen LogP contribution in [0.15, 0.2) is 54.6 Å². The van der Waals surface area contributed by atoms with E-state index in [1.165, 1.54) is 6.92 Å². The minimum atomic E-state index is -0.781. The molecule has 0 N–H and O–H groups in total. The van der Waals surface area contributed by atoms with Crippen molar-refractivity contribution in [3.05, 3.63) is 60.2 Å². The predicted molar refractivity (Wildman–Crippen MR) is 111 cm³/mol. The first kappa shape index (κ1) is 20.8. The Hall–Kier alpha value is -2.95. The summed E-state index contributed by atoms with van der Waals surface area (Å²) in [5.74, 6) is -1.46. The predicted octanol–water partition coefficient (Wildman–Crippen LogP) is 4.64. The fraction of sp³-hybridized carbons (Fsp3) is 0.375. The van der Waals surface area contributed by atoms with Crippen molar-refractivity contribution in [2.45, 2.75) is 52.2 Å². The van der Waals surface area contributed by atoms with Gasteiger partial charge in [0, 0.05) is 6.04 Å². The number of carbonyl (C=O) groups excluding carboxylic acids is 3. The molecule has 0 spiro atoms. The highest BCUT2D eigenvalue weighted by Crippen LogP contribution is 2.30. The van der Waals surface area contributed by atoms with Crippen LogP contribution < -0.4 is 0 Å². The number of rotatable bonds is 4. The van der Waals surface area contributed by atoms with E-state index in [2.05, 4.69) is 0 Å². The maximum absolute atomic E-state index is 12.7. The van der Waals surface area contributed by atoms with E-state index in [-0.39, 0.29) is 5.78 Å². The monoisotopic (exact) mass is 393 g/mol. The number of imide groups is 1. The number of likely N-dealkylation sites (tertiary alicyclic amines) is 1. The van der Waals surface area contributed by atoms with Crippen molar-refractivity contribution in [2.75, 3.05) is 0 Å². The molecule has 0 aliphatic carbocycles. The molecule has 0 saturated carbocycles. The molecule has 0 bridgehead atoms. The first-order valence-electron chi connectivity index (χ1n) is 9.86. The third kappa shape index (κ3) is 4.91. The molecule has 0 aromatic heterocycles. The van der Waals surface area contributed by atoms with Crippen LogP contribution in [0.3, 0.4) is 0 Å². The Labute approximate surface area is 171 Å². The van der Waals surface area contributed by atoms with Gasteiger partial charge in [-0.1, -0.05) is 54.6 Å². The Morgan fingerprint density at radius 2 is 1.59 bits per heavy atom. The zero-order valence-electron chi connectivity index (χ0n) is 17.3. The second-order valence-electron chi connectivity index (χ2n) is 8.51. The summed E-state index contributed by atoms with van der Waals surface area (Å²) in [6.45, 7) is 6.66. The summed E-state index contributed by atoms with van der Waals surface area (Å²) in [5.41, 5.74) is 2.51. The van der Waals surface area contributed by atoms with E-state index in [4.69, 9.17) is 4.74 Å². The van der Waals surface area contributed by atoms with Gasteiger partial charge in [-0.3, -0.25) is 9.59 Å². The van der Waals surface area contributed by atoms with Crippen LogP contribution in [0.4, 0.5) is 4.79 Å². The Morgan fingerprint density at radius 1 is 1.00 bits per heavy atom. The van der Waals surface area contributed by atoms with E-state index in [9.17, 15) is 14.4 Å². The van der Waals surface area contributed by atoms with Crippen molar-refractivity contribution in [3.8, 4) is 11.1 Å². The number of ether oxygens (including phenoxy) is 1. The average molecular weight is 393 g/mol. The lowest BCUT2D eigenvalue weighted by Crippen LogP contribution is -2.43. The molecule has 29 heavy (non-hydrogen) atoms. The van der Waals surface area contributed by atoms with Crippen LogP contribution >= 0.6 is 0 Å². The lowest BCUT2D eigenvalue weighted by atomic mass is 9.96. The third-order valence-electron chi connectivity index (χ3n) is 5.02. The fourth-order valence-corrected chi connectivity index (χ4v) is 3.63. The summed E-state index contributed by atoms with van der Waals surface area (Å²) in [4.78, 5) is 38.4. The van der Waals surface area contributed by atoms with Crippen LogP contribution in [0.5, 0.6) is 0 Å². The molecule has 3 rings (SSSR count). The van der Waals surface area contributed by atoms with Gasteiger partial charge in [0.2, 0.25) is 5.91 Å². The largest absolute Gasteiger partial charge is 0.443 e. The van der Waals surface area contributed by atoms with Gasteiger partial charge in [0.1, 0.15) is 11.4 Å². The Morgan fingerprint density at radius 3 is 2.14 bits per heavy atom. The molecule has 0 radical (unpaired) electrons. The van der Waals surface area contributed by atoms with E-state index >= 15 is 0 Å². The van der Waals surface area contributed by atoms with E-state index in [1.807, 2.05) is 54.6 Å². The van der Waals surface area contributed by atoms with Gasteiger partial charge in [-0.25, -0.2) is 9.69 Å². The molecule has 152 valence electrons. The lowest BCUT2D eigenvalue weighted by Gasteiger charge is -2.27. The van der Waals surface area contributed by atoms with E-state index in [1.54, 1.807) is 20.8 Å². The summed E-state index contributed by atoms with van der Waals surface area (Å²) in [6.07, 6.45) is 0.134. The molecule has 1 heterocycles. The number of ketones is 1. The Bertz CT molecular complexity index is 897. The van der Waals surface area contributed by atoms with E-state index in [0.29, 0.717) is 12.8 Å². The van der Waals surface area contributed by atoms with Gasteiger partial charge in [0.05, 0.1) is 5.92 Å². The number of benzene rings is 2. The summed E-state index contributed by atoms with van der Waals surface area (Å²) in [7, 11) is 0. The zero-order chi connectivity index (χ0) is 21.2. The molecule has 1 aliphatic rings. The number of carbonyl (C=O) groups is 3. The molecule has 1 aliphatic heterocycles. The molecule has 2 atom stereocenters. The molecular weight excluding hydrogens is 366 g/mol. The van der Waals surface area contributed by atoms with Gasteiger partial charge >= 0.3 is 6.09 Å². The molecular formula is C24H27NO4. The minimum Gasteiger partial charge on any atom is -0.443 e. The number of hydrogen-bond donors (Lipinski definition) is 0. The standard InChI is InChI=1S/C24H27NO4/c1-16(26)21-15-20(25(22(21)27)23(28)29-24(2,3)4)14-17-10-12-19(13-11-17)18-8-6-5-7-9-18/h5-13,20-21H,14-15H2,1-4H3/t20-,21?/m1/s1. The van der Waals surface area contributed by atoms with Gasteiger partial charge < -0.3 is 4.74 Å². The van der Waals surface area contributed by atoms with Crippen molar-refractivity contribution in [1.82, 2.24) is 4.90 Å². The second kappa shape index (κ2) is 8.19. The van der Waals surface area contributed by atoms with E-state index in [0.717, 1.165) is 21.6 Å². The smallest absolute Gasteiger partial charge is 0.417 e. The molecule has 5 nitrogen and oxygen atoms in total. The summed E-state index contributed by atoms with van der Waals surface area (Å²) in [6, 6.07) is 17.7. The van der Waals surface area contributed by atoms with Crippen molar-refractivity contribution < 1.29 is 19.1 Å². The van der Waals surface area contributed by atoms with Crippen molar-refractivity contribution in [1.29, 1.82) is 0 Å². The van der Waals surface area contributed by atoms with Gasteiger partial charge in [-0.05, 0) is 57.2 Å². The third-order valence-corrected chi connectivity index (χ3v) is 5.02. The van der Waals surface area contributed by atoms with Crippen molar-refractivity contribution >= 4 is 17.8 Å². The molecule has 2 amide bonds. The molecule has 1 fully saturated rings. The SMILES string of the molecule is CC(=O)C1C[C@@H](Cc2ccc(-c3ccccc3)cc2)N(C(=O)OC(C)(C)C)C1=O. The van der Waals surface area contributed by atoms with Crippen LogP contribution in [0.1, 0.15) is 39.7 Å². The van der Waals surface area contributed by atoms with Crippen molar-refractivity contribution in [2.24, 2.45) is 5.92 Å². The molecule has 2 aromatic rings. The maximum atomic E-state index is 12.7. The number of hydrogen-bond acceptors (Lipinski definition) is 4. The summed E-state index contributed by atoms with van der Waals surface area (Å²) < 4.78 is 5.42. The Kier molecular flexibility index (Phi) is 5.87. The first-order chi connectivity index (χ1) is 13.7. The highest BCUT2D eigenvalue weighted by atomic mass is 16.6. The zero-order valence-corrected chi connectivity index (χ0v) is 17.3. The number of nitrogens with zero attached hydrogens (tertiary/aromatic N) is 1. The molecule has 1 saturated heterocycles. The van der Waals surface area contributed by atoms with Gasteiger partial charge in [0.25, 0.3) is 0 Å². The van der Waals surface area contributed by atoms with Gasteiger partial charge in [-0.2, -0.15) is 0 Å². The van der Waals surface area contributed by atoms with Gasteiger partial charge in [-0.15, -0.1) is 0 Å². The van der Waals surface area contributed by atoms with Crippen LogP contribution in [-0.2, 0) is 20.7 Å². The first-order valence-corrected chi connectivity index (χ1v) is 9.86. The highest BCUT2D eigenvalue weighted by Gasteiger charge is 2.46. The number of amides is 2. The maximum Gasteiger partial charge on any atom is 0.417 e. The number of Topliss-reactive ketones (excluding diaryl/α,β-unsaturated/α-hetero) is 1. The van der Waals surface area contributed by atoms with E-state index < -0.39 is 29.6 Å². The van der Waals surface area contributed by atoms with Gasteiger partial charge in [0.15, 0.2) is 0 Å². The van der Waals surface area contributed by atoms with Crippen LogP contribution in [0.25, 0.3) is 11.1 Å². The Balaban J connectivity index is 1.80. The fourth-order valence-electron chi connectivity index (χ4n) is 3.63. The van der Waals surface area contributed by atoms with Crippen LogP contribution in [-0.4, -0.2) is 34.3 Å². The second-order valence-corrected chi connectivity index (χ2v) is 8.51. The van der Waals surface area contributed by atoms with Crippen molar-refractivity contribution in [3.63, 3.8) is 0 Å². The van der Waals surface area contributed by atoms with Crippen LogP contribution in [0.2, 0.25) is 0 Å². The molecule has 5 heteroatoms. The minimum absolute atomic E-state index is 0.217. The quantitative estimate of drug-likeness (QED) is 0.710. The lowest BCUT2D eigenvalue weighted by molar-refractivity contribution is -0.135. The average Bonchev–Trinajstić information content (AvgIpc) is 2.98. The molecule has 2 aromatic carbocycles. The topological polar surface area (TPSA) is 63.7 Å².